The van der Waals surface area contributed by atoms with E-state index in [1.54, 1.807) is 19.2 Å². The second-order valence-electron chi connectivity index (χ2n) is 8.12. The van der Waals surface area contributed by atoms with Crippen LogP contribution < -0.4 is 21.1 Å². The van der Waals surface area contributed by atoms with Crippen LogP contribution in [0, 0.1) is 5.41 Å². The number of amides is 1. The van der Waals surface area contributed by atoms with Crippen molar-refractivity contribution in [2.45, 2.75) is 58.9 Å². The molecule has 2 aromatic rings. The average molecular weight is 461 g/mol. The SMILES string of the molecule is CC.COc1ccc(CN)cc1.NC(=O)c1ccc(Cl)nc1N1CCC2(CCCC2)CC1. The summed E-state index contributed by atoms with van der Waals surface area (Å²) >= 11 is 5.97. The van der Waals surface area contributed by atoms with Crippen LogP contribution in [-0.2, 0) is 6.54 Å². The first-order valence-electron chi connectivity index (χ1n) is 11.5. The molecule has 1 spiro atoms. The molecule has 176 valence electrons. The van der Waals surface area contributed by atoms with Crippen molar-refractivity contribution in [3.63, 3.8) is 0 Å². The molecule has 1 saturated carbocycles. The van der Waals surface area contributed by atoms with Crippen molar-refractivity contribution in [1.82, 2.24) is 4.98 Å². The number of rotatable bonds is 4. The van der Waals surface area contributed by atoms with E-state index in [0.717, 1.165) is 24.4 Å². The first-order valence-corrected chi connectivity index (χ1v) is 11.9. The molecular weight excluding hydrogens is 424 g/mol. The molecule has 0 unspecified atom stereocenters. The molecule has 2 heterocycles. The highest BCUT2D eigenvalue weighted by molar-refractivity contribution is 6.29. The van der Waals surface area contributed by atoms with Crippen molar-refractivity contribution < 1.29 is 9.53 Å². The molecule has 6 nitrogen and oxygen atoms in total. The third-order valence-corrected chi connectivity index (χ3v) is 6.50. The number of hydrogen-bond donors (Lipinski definition) is 2. The summed E-state index contributed by atoms with van der Waals surface area (Å²) in [5.41, 5.74) is 13.0. The van der Waals surface area contributed by atoms with Gasteiger partial charge >= 0.3 is 0 Å². The molecule has 1 saturated heterocycles. The Labute approximate surface area is 197 Å². The predicted octanol–water partition coefficient (Wildman–Crippen LogP) is 5.17. The zero-order chi connectivity index (χ0) is 23.6. The number of carbonyl (C=O) groups excluding carboxylic acids is 1. The second kappa shape index (κ2) is 12.7. The minimum Gasteiger partial charge on any atom is -0.497 e. The quantitative estimate of drug-likeness (QED) is 0.613. The van der Waals surface area contributed by atoms with Crippen LogP contribution >= 0.6 is 11.6 Å². The third-order valence-electron chi connectivity index (χ3n) is 6.29. The third kappa shape index (κ3) is 6.84. The maximum atomic E-state index is 11.5. The Balaban J connectivity index is 0.000000255. The van der Waals surface area contributed by atoms with Gasteiger partial charge in [-0.3, -0.25) is 4.79 Å². The highest BCUT2D eigenvalue weighted by Gasteiger charge is 2.37. The van der Waals surface area contributed by atoms with E-state index in [0.29, 0.717) is 28.5 Å². The summed E-state index contributed by atoms with van der Waals surface area (Å²) in [7, 11) is 1.65. The highest BCUT2D eigenvalue weighted by atomic mass is 35.5. The number of methoxy groups -OCH3 is 1. The molecule has 0 atom stereocenters. The molecule has 1 aromatic carbocycles. The molecule has 1 aliphatic heterocycles. The minimum absolute atomic E-state index is 0.408. The lowest BCUT2D eigenvalue weighted by Crippen LogP contribution is -2.40. The van der Waals surface area contributed by atoms with Crippen LogP contribution in [-0.4, -0.2) is 31.1 Å². The normalized spacial score (nSPS) is 16.5. The van der Waals surface area contributed by atoms with Gasteiger partial charge in [-0.15, -0.1) is 0 Å². The van der Waals surface area contributed by atoms with Gasteiger partial charge in [-0.25, -0.2) is 4.98 Å². The van der Waals surface area contributed by atoms with Crippen LogP contribution in [0.3, 0.4) is 0 Å². The van der Waals surface area contributed by atoms with Crippen LogP contribution in [0.4, 0.5) is 5.82 Å². The van der Waals surface area contributed by atoms with Crippen LogP contribution in [0.5, 0.6) is 5.75 Å². The van der Waals surface area contributed by atoms with E-state index in [-0.39, 0.29) is 0 Å². The lowest BCUT2D eigenvalue weighted by atomic mass is 9.77. The molecule has 0 bridgehead atoms. The van der Waals surface area contributed by atoms with E-state index < -0.39 is 5.91 Å². The van der Waals surface area contributed by atoms with Crippen LogP contribution in [0.1, 0.15) is 68.3 Å². The highest BCUT2D eigenvalue weighted by Crippen LogP contribution is 2.46. The lowest BCUT2D eigenvalue weighted by Gasteiger charge is -2.40. The standard InChI is InChI=1S/C15H20ClN3O.C8H11NO.C2H6/c16-12-4-3-11(13(17)20)14(18-12)19-9-7-15(8-10-19)5-1-2-6-15;1-10-8-4-2-7(6-9)3-5-8;1-2/h3-4H,1-2,5-10H2,(H2,17,20);2-5H,6,9H2,1H3;1-2H3. The summed E-state index contributed by atoms with van der Waals surface area (Å²) in [6, 6.07) is 11.0. The molecule has 7 heteroatoms. The fraction of sp³-hybridized carbons (Fsp3) is 0.520. The van der Waals surface area contributed by atoms with Gasteiger partial charge in [0, 0.05) is 19.6 Å². The molecule has 32 heavy (non-hydrogen) atoms. The average Bonchev–Trinajstić information content (AvgIpc) is 3.29. The summed E-state index contributed by atoms with van der Waals surface area (Å²) < 4.78 is 4.97. The number of nitrogens with zero attached hydrogens (tertiary/aromatic N) is 2. The van der Waals surface area contributed by atoms with Crippen LogP contribution in [0.25, 0.3) is 0 Å². The fourth-order valence-corrected chi connectivity index (χ4v) is 4.58. The number of primary amides is 1. The van der Waals surface area contributed by atoms with Gasteiger partial charge in [0.1, 0.15) is 16.7 Å². The van der Waals surface area contributed by atoms with Crippen molar-refractivity contribution >= 4 is 23.3 Å². The number of piperidine rings is 1. The van der Waals surface area contributed by atoms with Gasteiger partial charge in [0.15, 0.2) is 0 Å². The second-order valence-corrected chi connectivity index (χ2v) is 8.50. The summed E-state index contributed by atoms with van der Waals surface area (Å²) in [6.07, 6.45) is 7.79. The summed E-state index contributed by atoms with van der Waals surface area (Å²) in [5, 5.41) is 0.408. The molecule has 0 radical (unpaired) electrons. The number of ether oxygens (including phenoxy) is 1. The molecule has 1 amide bonds. The minimum atomic E-state index is -0.440. The Morgan fingerprint density at radius 1 is 1.06 bits per heavy atom. The summed E-state index contributed by atoms with van der Waals surface area (Å²) in [6.45, 7) is 6.46. The Bertz CT molecular complexity index is 819. The van der Waals surface area contributed by atoms with E-state index in [4.69, 9.17) is 27.8 Å². The predicted molar refractivity (Wildman–Crippen MR) is 132 cm³/mol. The molecular formula is C25H37ClN4O2. The number of pyridine rings is 1. The largest absolute Gasteiger partial charge is 0.497 e. The molecule has 2 fully saturated rings. The smallest absolute Gasteiger partial charge is 0.252 e. The molecule has 1 aromatic heterocycles. The van der Waals surface area contributed by atoms with Gasteiger partial charge in [-0.2, -0.15) is 0 Å². The molecule has 4 N–H and O–H groups in total. The Morgan fingerprint density at radius 3 is 2.16 bits per heavy atom. The van der Waals surface area contributed by atoms with Crippen LogP contribution in [0.15, 0.2) is 36.4 Å². The van der Waals surface area contributed by atoms with Crippen molar-refractivity contribution in [1.29, 1.82) is 0 Å². The van der Waals surface area contributed by atoms with Crippen molar-refractivity contribution in [2.75, 3.05) is 25.1 Å². The Morgan fingerprint density at radius 2 is 1.66 bits per heavy atom. The number of aromatic nitrogens is 1. The van der Waals surface area contributed by atoms with Gasteiger partial charge in [0.25, 0.3) is 5.91 Å². The van der Waals surface area contributed by atoms with Crippen molar-refractivity contribution in [3.8, 4) is 5.75 Å². The van der Waals surface area contributed by atoms with Gasteiger partial charge in [-0.05, 0) is 60.9 Å². The van der Waals surface area contributed by atoms with E-state index in [1.807, 2.05) is 38.1 Å². The summed E-state index contributed by atoms with van der Waals surface area (Å²) in [5.74, 6) is 1.08. The number of benzene rings is 1. The number of carbonyl (C=O) groups is 1. The zero-order valence-corrected chi connectivity index (χ0v) is 20.3. The number of nitrogens with two attached hydrogens (primary N) is 2. The van der Waals surface area contributed by atoms with E-state index in [2.05, 4.69) is 9.88 Å². The Hall–Kier alpha value is -2.31. The zero-order valence-electron chi connectivity index (χ0n) is 19.6. The first kappa shape index (κ1) is 25.9. The van der Waals surface area contributed by atoms with Gasteiger partial charge < -0.3 is 21.1 Å². The monoisotopic (exact) mass is 460 g/mol. The number of anilines is 1. The van der Waals surface area contributed by atoms with Gasteiger partial charge in [0.2, 0.25) is 0 Å². The number of hydrogen-bond acceptors (Lipinski definition) is 5. The first-order chi connectivity index (χ1) is 15.5. The van der Waals surface area contributed by atoms with Gasteiger partial charge in [0.05, 0.1) is 12.7 Å². The maximum absolute atomic E-state index is 11.5. The van der Waals surface area contributed by atoms with Crippen LogP contribution in [0.2, 0.25) is 5.15 Å². The molecule has 4 rings (SSSR count). The van der Waals surface area contributed by atoms with Gasteiger partial charge in [-0.1, -0.05) is 50.4 Å². The summed E-state index contributed by atoms with van der Waals surface area (Å²) in [4.78, 5) is 18.0. The van der Waals surface area contributed by atoms with E-state index in [9.17, 15) is 4.79 Å². The topological polar surface area (TPSA) is 94.5 Å². The Kier molecular flexibility index (Phi) is 10.3. The maximum Gasteiger partial charge on any atom is 0.252 e. The van der Waals surface area contributed by atoms with Crippen molar-refractivity contribution in [3.05, 3.63) is 52.7 Å². The molecule has 2 aliphatic rings. The van der Waals surface area contributed by atoms with Crippen molar-refractivity contribution in [2.24, 2.45) is 16.9 Å². The molecule has 1 aliphatic carbocycles. The number of halogens is 1. The van der Waals surface area contributed by atoms with E-state index in [1.165, 1.54) is 38.5 Å². The van der Waals surface area contributed by atoms with E-state index >= 15 is 0 Å². The fourth-order valence-electron chi connectivity index (χ4n) is 4.44. The lowest BCUT2D eigenvalue weighted by molar-refractivity contribution is 0.1000.